The second-order valence-corrected chi connectivity index (χ2v) is 17.8. The fourth-order valence-electron chi connectivity index (χ4n) is 9.79. The summed E-state index contributed by atoms with van der Waals surface area (Å²) in [7, 11) is 0. The summed E-state index contributed by atoms with van der Waals surface area (Å²) in [6, 6.07) is 6.05. The molecule has 0 aromatic carbocycles. The summed E-state index contributed by atoms with van der Waals surface area (Å²) in [4.78, 5) is 9.57. The Labute approximate surface area is 367 Å². The standard InChI is InChI=1S/C46H43F6N11O2/c1-25-40(27(3)64-58-25)30-11-38-42(54-14-30)35(33-17-57-62(19-33)24-46(50,51)52)21-60(38)23-44(47)8-9-45(48,49)34(13-44)20-61-18-32(16-56-61)36-22-63(37(7-10-53)29-5-6-29)39-12-31(15-55-43(36)39)41-26(2)59-65-28(41)4/h11-12,14-19,21-22,29,34,37H,5-9,13,20,23-24H2,1-4H3. The van der Waals surface area contributed by atoms with Gasteiger partial charge in [-0.05, 0) is 71.4 Å². The Morgan fingerprint density at radius 1 is 0.769 bits per heavy atom. The van der Waals surface area contributed by atoms with Gasteiger partial charge in [-0.3, -0.25) is 19.3 Å². The molecule has 19 heteroatoms. The normalized spacial score (nSPS) is 19.4. The maximum atomic E-state index is 17.4. The van der Waals surface area contributed by atoms with E-state index in [2.05, 4.69) is 36.1 Å². The SMILES string of the molecule is Cc1noc(C)c1-c1cnc2c(-c3cnn(CC(F)(F)F)c3)cn(CC3(F)CCC(F)(F)C(Cn4cc(-c5cn(C(CC#N)C6CC6)c6cc(-c7c(C)noc7C)cnc56)cn4)C3)c2c1. The quantitative estimate of drug-likeness (QED) is 0.109. The van der Waals surface area contributed by atoms with Gasteiger partial charge in [-0.2, -0.15) is 28.6 Å². The van der Waals surface area contributed by atoms with Crippen molar-refractivity contribution in [3.63, 3.8) is 0 Å². The molecule has 2 fully saturated rings. The molecule has 0 saturated heterocycles. The molecule has 3 atom stereocenters. The largest absolute Gasteiger partial charge is 0.408 e. The van der Waals surface area contributed by atoms with E-state index in [4.69, 9.17) is 14.0 Å². The third kappa shape index (κ3) is 7.86. The molecule has 0 amide bonds. The summed E-state index contributed by atoms with van der Waals surface area (Å²) in [5.74, 6) is -3.13. The van der Waals surface area contributed by atoms with E-state index in [0.717, 1.165) is 45.4 Å². The topological polar surface area (TPSA) is 147 Å². The highest BCUT2D eigenvalue weighted by Crippen LogP contribution is 2.48. The molecule has 8 aromatic heterocycles. The Balaban J connectivity index is 0.964. The molecule has 13 nitrogen and oxygen atoms in total. The number of fused-ring (bicyclic) bond motifs is 2. The number of hydrogen-bond donors (Lipinski definition) is 0. The van der Waals surface area contributed by atoms with Crippen LogP contribution in [0.25, 0.3) is 66.6 Å². The van der Waals surface area contributed by atoms with Gasteiger partial charge in [0.1, 0.15) is 23.7 Å². The molecule has 2 aliphatic rings. The van der Waals surface area contributed by atoms with E-state index in [9.17, 15) is 18.4 Å². The Hall–Kier alpha value is -6.71. The van der Waals surface area contributed by atoms with Gasteiger partial charge < -0.3 is 18.2 Å². The number of halogens is 6. The van der Waals surface area contributed by atoms with Crippen molar-refractivity contribution in [2.45, 2.75) is 110 Å². The van der Waals surface area contributed by atoms with Crippen LogP contribution in [0.4, 0.5) is 26.3 Å². The highest BCUT2D eigenvalue weighted by atomic mass is 19.4. The molecule has 0 N–H and O–H groups in total. The molecule has 65 heavy (non-hydrogen) atoms. The number of rotatable bonds is 12. The zero-order valence-corrected chi connectivity index (χ0v) is 35.9. The fraction of sp³-hybridized carbons (Fsp3) is 0.413. The highest BCUT2D eigenvalue weighted by Gasteiger charge is 2.51. The molecule has 8 heterocycles. The molecule has 0 radical (unpaired) electrons. The van der Waals surface area contributed by atoms with Crippen LogP contribution >= 0.6 is 0 Å². The first-order chi connectivity index (χ1) is 31.0. The summed E-state index contributed by atoms with van der Waals surface area (Å²) in [5, 5.41) is 26.4. The lowest BCUT2D eigenvalue weighted by Crippen LogP contribution is -2.46. The van der Waals surface area contributed by atoms with Crippen LogP contribution in [-0.4, -0.2) is 66.7 Å². The second kappa shape index (κ2) is 15.5. The highest BCUT2D eigenvalue weighted by molar-refractivity contribution is 5.96. The third-order valence-corrected chi connectivity index (χ3v) is 13.1. The molecule has 0 spiro atoms. The van der Waals surface area contributed by atoms with Crippen LogP contribution in [0.15, 0.2) is 70.8 Å². The Morgan fingerprint density at radius 2 is 1.35 bits per heavy atom. The van der Waals surface area contributed by atoms with Crippen molar-refractivity contribution in [1.29, 1.82) is 5.26 Å². The van der Waals surface area contributed by atoms with E-state index in [-0.39, 0.29) is 19.1 Å². The molecule has 2 saturated carbocycles. The van der Waals surface area contributed by atoms with Gasteiger partial charge in [-0.15, -0.1) is 0 Å². The minimum atomic E-state index is -4.51. The summed E-state index contributed by atoms with van der Waals surface area (Å²) in [6.45, 7) is 5.32. The van der Waals surface area contributed by atoms with Gasteiger partial charge in [0, 0.05) is 107 Å². The second-order valence-electron chi connectivity index (χ2n) is 17.8. The summed E-state index contributed by atoms with van der Waals surface area (Å²) >= 11 is 0. The van der Waals surface area contributed by atoms with Crippen LogP contribution in [0, 0.1) is 50.9 Å². The van der Waals surface area contributed by atoms with Gasteiger partial charge in [0.05, 0.1) is 64.9 Å². The zero-order valence-electron chi connectivity index (χ0n) is 35.9. The summed E-state index contributed by atoms with van der Waals surface area (Å²) < 4.78 is 106. The van der Waals surface area contributed by atoms with Crippen LogP contribution in [0.5, 0.6) is 0 Å². The molecule has 2 aliphatic carbocycles. The molecule has 0 aliphatic heterocycles. The monoisotopic (exact) mass is 895 g/mol. The minimum absolute atomic E-state index is 0.0921. The number of alkyl halides is 6. The van der Waals surface area contributed by atoms with Crippen molar-refractivity contribution in [1.82, 2.24) is 49.0 Å². The smallest absolute Gasteiger partial charge is 0.361 e. The number of pyridine rings is 2. The lowest BCUT2D eigenvalue weighted by Gasteiger charge is -2.40. The average molecular weight is 896 g/mol. The van der Waals surface area contributed by atoms with Gasteiger partial charge in [-0.25, -0.2) is 13.2 Å². The van der Waals surface area contributed by atoms with Gasteiger partial charge in [0.2, 0.25) is 0 Å². The van der Waals surface area contributed by atoms with Crippen molar-refractivity contribution in [2.24, 2.45) is 11.8 Å². The van der Waals surface area contributed by atoms with Crippen LogP contribution in [0.2, 0.25) is 0 Å². The van der Waals surface area contributed by atoms with Crippen molar-refractivity contribution >= 4 is 22.1 Å². The lowest BCUT2D eigenvalue weighted by atomic mass is 9.76. The molecule has 3 unspecified atom stereocenters. The molecule has 8 aromatic rings. The maximum Gasteiger partial charge on any atom is 0.408 e. The number of aromatic nitrogens is 10. The maximum absolute atomic E-state index is 17.4. The Bertz CT molecular complexity index is 3100. The van der Waals surface area contributed by atoms with Gasteiger partial charge >= 0.3 is 6.18 Å². The van der Waals surface area contributed by atoms with Crippen molar-refractivity contribution in [3.8, 4) is 50.6 Å². The van der Waals surface area contributed by atoms with E-state index in [1.165, 1.54) is 17.1 Å². The third-order valence-electron chi connectivity index (χ3n) is 13.1. The van der Waals surface area contributed by atoms with Crippen LogP contribution in [0.3, 0.4) is 0 Å². The van der Waals surface area contributed by atoms with E-state index in [0.29, 0.717) is 73.9 Å². The first-order valence-electron chi connectivity index (χ1n) is 21.4. The Kier molecular flexibility index (Phi) is 10.1. The molecule has 10 rings (SSSR count). The van der Waals surface area contributed by atoms with Crippen LogP contribution in [0.1, 0.15) is 67.5 Å². The van der Waals surface area contributed by atoms with E-state index < -0.39 is 49.5 Å². The lowest BCUT2D eigenvalue weighted by molar-refractivity contribution is -0.142. The molecule has 0 bridgehead atoms. The molecular formula is C46H43F6N11O2. The number of nitrogens with zero attached hydrogens (tertiary/aromatic N) is 11. The van der Waals surface area contributed by atoms with Crippen LogP contribution in [-0.2, 0) is 19.6 Å². The van der Waals surface area contributed by atoms with Crippen LogP contribution < -0.4 is 0 Å². The number of hydrogen-bond acceptors (Lipinski definition) is 9. The van der Waals surface area contributed by atoms with E-state index >= 15 is 13.2 Å². The van der Waals surface area contributed by atoms with Crippen molar-refractivity contribution < 1.29 is 35.4 Å². The first-order valence-corrected chi connectivity index (χ1v) is 21.4. The van der Waals surface area contributed by atoms with Crippen molar-refractivity contribution in [3.05, 3.63) is 84.6 Å². The van der Waals surface area contributed by atoms with E-state index in [1.54, 1.807) is 55.5 Å². The van der Waals surface area contributed by atoms with Gasteiger partial charge in [0.25, 0.3) is 5.92 Å². The summed E-state index contributed by atoms with van der Waals surface area (Å²) in [5.41, 5.74) is 6.56. The summed E-state index contributed by atoms with van der Waals surface area (Å²) in [6.07, 6.45) is 8.88. The molecule has 336 valence electrons. The predicted molar refractivity (Wildman–Crippen MR) is 226 cm³/mol. The Morgan fingerprint density at radius 3 is 1.94 bits per heavy atom. The van der Waals surface area contributed by atoms with E-state index in [1.807, 2.05) is 26.1 Å². The number of aryl methyl sites for hydroxylation is 4. The predicted octanol–water partition coefficient (Wildman–Crippen LogP) is 10.9. The minimum Gasteiger partial charge on any atom is -0.361 e. The van der Waals surface area contributed by atoms with Gasteiger partial charge in [0.15, 0.2) is 0 Å². The average Bonchev–Trinajstić information content (AvgIpc) is 3.73. The molecular weight excluding hydrogens is 853 g/mol. The first kappa shape index (κ1) is 42.3. The number of nitriles is 1. The fourth-order valence-corrected chi connectivity index (χ4v) is 9.79. The zero-order chi connectivity index (χ0) is 45.6. The van der Waals surface area contributed by atoms with Crippen molar-refractivity contribution in [2.75, 3.05) is 0 Å². The van der Waals surface area contributed by atoms with Gasteiger partial charge in [-0.1, -0.05) is 10.3 Å².